The van der Waals surface area contributed by atoms with Crippen molar-refractivity contribution >= 4 is 0 Å². The van der Waals surface area contributed by atoms with E-state index >= 15 is 0 Å². The summed E-state index contributed by atoms with van der Waals surface area (Å²) < 4.78 is 0. The molecular weight excluding hydrogens is 206 g/mol. The summed E-state index contributed by atoms with van der Waals surface area (Å²) in [5, 5.41) is 0. The molecule has 0 N–H and O–H groups in total. The molecule has 0 spiro atoms. The van der Waals surface area contributed by atoms with Gasteiger partial charge in [0.15, 0.2) is 0 Å². The zero-order valence-electron chi connectivity index (χ0n) is 12.7. The van der Waals surface area contributed by atoms with E-state index in [9.17, 15) is 0 Å². The minimum atomic E-state index is 1.11. The Balaban J connectivity index is 0. The molecule has 0 amide bonds. The van der Waals surface area contributed by atoms with E-state index in [4.69, 9.17) is 0 Å². The van der Waals surface area contributed by atoms with Crippen LogP contribution in [0.4, 0.5) is 0 Å². The van der Waals surface area contributed by atoms with Crippen LogP contribution in [0.15, 0.2) is 36.0 Å². The van der Waals surface area contributed by atoms with E-state index in [1.807, 2.05) is 34.6 Å². The lowest BCUT2D eigenvalue weighted by Crippen LogP contribution is -2.28. The lowest BCUT2D eigenvalue weighted by molar-refractivity contribution is 0.324. The molecule has 0 aromatic carbocycles. The molecule has 0 aromatic rings. The highest BCUT2D eigenvalue weighted by atomic mass is 15.1. The van der Waals surface area contributed by atoms with Crippen LogP contribution >= 0.6 is 0 Å². The third-order valence-corrected chi connectivity index (χ3v) is 2.19. The Morgan fingerprint density at radius 1 is 1.18 bits per heavy atom. The topological polar surface area (TPSA) is 3.24 Å². The number of hydrogen-bond donors (Lipinski definition) is 0. The van der Waals surface area contributed by atoms with Crippen LogP contribution in [0.1, 0.15) is 48.0 Å². The first-order valence-corrected chi connectivity index (χ1v) is 6.98. The maximum absolute atomic E-state index is 2.47. The summed E-state index contributed by atoms with van der Waals surface area (Å²) >= 11 is 0. The van der Waals surface area contributed by atoms with Gasteiger partial charge in [0.1, 0.15) is 0 Å². The molecule has 0 atom stereocenters. The van der Waals surface area contributed by atoms with Crippen molar-refractivity contribution in [3.63, 3.8) is 0 Å². The number of hydrogen-bond acceptors (Lipinski definition) is 1. The van der Waals surface area contributed by atoms with E-state index in [1.165, 1.54) is 18.5 Å². The summed E-state index contributed by atoms with van der Waals surface area (Å²) in [6.07, 6.45) is 12.1. The van der Waals surface area contributed by atoms with Crippen LogP contribution in [0.5, 0.6) is 0 Å². The molecule has 0 saturated heterocycles. The second-order valence-electron chi connectivity index (χ2n) is 3.53. The first-order chi connectivity index (χ1) is 8.33. The fraction of sp³-hybridized carbons (Fsp3) is 0.625. The third-order valence-electron chi connectivity index (χ3n) is 2.19. The number of nitrogens with zero attached hydrogens (tertiary/aromatic N) is 1. The normalized spacial score (nSPS) is 16.0. The van der Waals surface area contributed by atoms with Crippen LogP contribution in [0.2, 0.25) is 0 Å². The number of rotatable bonds is 3. The Bertz CT molecular complexity index is 224. The van der Waals surface area contributed by atoms with Gasteiger partial charge in [-0.1, -0.05) is 63.6 Å². The van der Waals surface area contributed by atoms with E-state index in [0.717, 1.165) is 13.1 Å². The van der Waals surface area contributed by atoms with Crippen LogP contribution in [-0.4, -0.2) is 24.5 Å². The molecule has 0 unspecified atom stereocenters. The fourth-order valence-electron chi connectivity index (χ4n) is 1.50. The van der Waals surface area contributed by atoms with E-state index < -0.39 is 0 Å². The molecule has 0 radical (unpaired) electrons. The van der Waals surface area contributed by atoms with Gasteiger partial charge in [0, 0.05) is 19.6 Å². The summed E-state index contributed by atoms with van der Waals surface area (Å²) in [4.78, 5) is 2.47. The molecule has 100 valence electrons. The van der Waals surface area contributed by atoms with Crippen molar-refractivity contribution in [1.29, 1.82) is 0 Å². The Morgan fingerprint density at radius 3 is 2.29 bits per heavy atom. The third kappa shape index (κ3) is 11.4. The SMILES string of the molecule is C/C=C\C=C(/C)CN1CC=CCC1.CC.CC. The van der Waals surface area contributed by atoms with Crippen molar-refractivity contribution in [2.45, 2.75) is 48.0 Å². The van der Waals surface area contributed by atoms with Crippen LogP contribution in [0.25, 0.3) is 0 Å². The van der Waals surface area contributed by atoms with Crippen molar-refractivity contribution in [3.8, 4) is 0 Å². The van der Waals surface area contributed by atoms with Gasteiger partial charge in [-0.05, 0) is 20.3 Å². The second-order valence-corrected chi connectivity index (χ2v) is 3.53. The molecule has 17 heavy (non-hydrogen) atoms. The van der Waals surface area contributed by atoms with Gasteiger partial charge in [-0.15, -0.1) is 0 Å². The van der Waals surface area contributed by atoms with Gasteiger partial charge < -0.3 is 0 Å². The Hall–Kier alpha value is -0.820. The summed E-state index contributed by atoms with van der Waals surface area (Å²) in [6.45, 7) is 15.7. The van der Waals surface area contributed by atoms with E-state index in [0.29, 0.717) is 0 Å². The smallest absolute Gasteiger partial charge is 0.0196 e. The molecule has 0 bridgehead atoms. The van der Waals surface area contributed by atoms with Gasteiger partial charge in [0.05, 0.1) is 0 Å². The van der Waals surface area contributed by atoms with Crippen LogP contribution in [0, 0.1) is 0 Å². The molecular formula is C16H31N. The highest BCUT2D eigenvalue weighted by Crippen LogP contribution is 2.04. The summed E-state index contributed by atoms with van der Waals surface area (Å²) in [5.74, 6) is 0. The summed E-state index contributed by atoms with van der Waals surface area (Å²) in [7, 11) is 0. The monoisotopic (exact) mass is 237 g/mol. The second kappa shape index (κ2) is 15.2. The molecule has 1 rings (SSSR count). The van der Waals surface area contributed by atoms with Gasteiger partial charge >= 0.3 is 0 Å². The van der Waals surface area contributed by atoms with E-state index in [-0.39, 0.29) is 0 Å². The van der Waals surface area contributed by atoms with E-state index in [2.05, 4.69) is 42.2 Å². The maximum atomic E-state index is 2.47. The predicted octanol–water partition coefficient (Wildman–Crippen LogP) is 4.82. The van der Waals surface area contributed by atoms with Crippen LogP contribution in [0.3, 0.4) is 0 Å². The highest BCUT2D eigenvalue weighted by molar-refractivity contribution is 5.11. The predicted molar refractivity (Wildman–Crippen MR) is 81.5 cm³/mol. The van der Waals surface area contributed by atoms with Crippen molar-refractivity contribution in [2.75, 3.05) is 19.6 Å². The van der Waals surface area contributed by atoms with Crippen molar-refractivity contribution in [1.82, 2.24) is 4.90 Å². The zero-order chi connectivity index (χ0) is 13.5. The Kier molecular flexibility index (Phi) is 16.6. The molecule has 1 nitrogen and oxygen atoms in total. The van der Waals surface area contributed by atoms with Crippen molar-refractivity contribution in [3.05, 3.63) is 36.0 Å². The van der Waals surface area contributed by atoms with Gasteiger partial charge in [0.25, 0.3) is 0 Å². The van der Waals surface area contributed by atoms with Crippen LogP contribution < -0.4 is 0 Å². The average molecular weight is 237 g/mol. The standard InChI is InChI=1S/C12H19N.2C2H6/c1-3-4-8-12(2)11-13-9-6-5-7-10-13;2*1-2/h3-6,8H,7,9-11H2,1-2H3;2*1-2H3/b4-3-,12-8+;;. The first kappa shape index (κ1) is 18.5. The molecule has 0 aromatic heterocycles. The lowest BCUT2D eigenvalue weighted by atomic mass is 10.2. The van der Waals surface area contributed by atoms with Gasteiger partial charge in [-0.3, -0.25) is 4.90 Å². The molecule has 1 heteroatoms. The molecule has 0 fully saturated rings. The lowest BCUT2D eigenvalue weighted by Gasteiger charge is -2.22. The summed E-state index contributed by atoms with van der Waals surface area (Å²) in [6, 6.07) is 0. The van der Waals surface area contributed by atoms with Gasteiger partial charge in [0.2, 0.25) is 0 Å². The quantitative estimate of drug-likeness (QED) is 0.502. The molecule has 1 aliphatic heterocycles. The summed E-state index contributed by atoms with van der Waals surface area (Å²) in [5.41, 5.74) is 1.44. The van der Waals surface area contributed by atoms with E-state index in [1.54, 1.807) is 0 Å². The fourth-order valence-corrected chi connectivity index (χ4v) is 1.50. The molecule has 0 aliphatic carbocycles. The minimum Gasteiger partial charge on any atom is -0.295 e. The van der Waals surface area contributed by atoms with Crippen molar-refractivity contribution in [2.24, 2.45) is 0 Å². The van der Waals surface area contributed by atoms with Gasteiger partial charge in [-0.2, -0.15) is 0 Å². The maximum Gasteiger partial charge on any atom is 0.0196 e. The molecule has 1 aliphatic rings. The largest absolute Gasteiger partial charge is 0.295 e. The number of allylic oxidation sites excluding steroid dienone is 3. The Morgan fingerprint density at radius 2 is 1.82 bits per heavy atom. The molecule has 0 saturated carbocycles. The first-order valence-electron chi connectivity index (χ1n) is 6.98. The van der Waals surface area contributed by atoms with Gasteiger partial charge in [-0.25, -0.2) is 0 Å². The zero-order valence-corrected chi connectivity index (χ0v) is 12.7. The van der Waals surface area contributed by atoms with Crippen LogP contribution in [-0.2, 0) is 0 Å². The minimum absolute atomic E-state index is 1.11. The molecule has 1 heterocycles. The van der Waals surface area contributed by atoms with Crippen molar-refractivity contribution < 1.29 is 0 Å². The Labute approximate surface area is 109 Å². The highest BCUT2D eigenvalue weighted by Gasteiger charge is 2.04. The average Bonchev–Trinajstić information content (AvgIpc) is 2.42.